The highest BCUT2D eigenvalue weighted by Gasteiger charge is 2.38. The van der Waals surface area contributed by atoms with Gasteiger partial charge in [0, 0.05) is 49.8 Å². The number of rotatable bonds is 9. The first-order valence-corrected chi connectivity index (χ1v) is 17.5. The highest BCUT2D eigenvalue weighted by atomic mass is 32.1. The lowest BCUT2D eigenvalue weighted by atomic mass is 9.77. The maximum absolute atomic E-state index is 5.77. The van der Waals surface area contributed by atoms with Gasteiger partial charge in [0.15, 0.2) is 5.11 Å². The second-order valence-corrected chi connectivity index (χ2v) is 13.1. The van der Waals surface area contributed by atoms with Gasteiger partial charge in [-0.1, -0.05) is 110 Å². The minimum atomic E-state index is -0.559. The predicted molar refractivity (Wildman–Crippen MR) is 197 cm³/mol. The summed E-state index contributed by atoms with van der Waals surface area (Å²) in [6, 6.07) is 41.5. The normalized spacial score (nSPS) is 15.7. The second-order valence-electron chi connectivity index (χ2n) is 12.7. The standard InChI is InChI=1S/C40H44N6S/c47-39(43-36-19-11-4-12-20-36)45-27-25-44(26-28-45)38-23-21-35(22-24-38)41-29-37-30-46(31-42-37)40(32-13-5-1-6-14-32,33-15-7-2-8-16-33)34-17-9-3-10-18-34/h1-3,5-10,13-18,21-24,30-31,36,41H,4,11-12,19-20,25-29H2,(H,43,47). The van der Waals surface area contributed by atoms with E-state index >= 15 is 0 Å². The zero-order valence-corrected chi connectivity index (χ0v) is 27.8. The highest BCUT2D eigenvalue weighted by Crippen LogP contribution is 2.40. The molecule has 1 saturated carbocycles. The Hall–Kier alpha value is -4.62. The monoisotopic (exact) mass is 640 g/mol. The minimum absolute atomic E-state index is 0.558. The number of aromatic nitrogens is 2. The van der Waals surface area contributed by atoms with Gasteiger partial charge >= 0.3 is 0 Å². The number of benzene rings is 4. The van der Waals surface area contributed by atoms with Crippen LogP contribution in [0.5, 0.6) is 0 Å². The van der Waals surface area contributed by atoms with E-state index in [0.29, 0.717) is 12.6 Å². The van der Waals surface area contributed by atoms with Crippen LogP contribution in [-0.2, 0) is 12.1 Å². The number of hydrogen-bond donors (Lipinski definition) is 2. The third-order valence-corrected chi connectivity index (χ3v) is 10.2. The zero-order chi connectivity index (χ0) is 31.9. The largest absolute Gasteiger partial charge is 0.379 e. The molecule has 4 aromatic carbocycles. The number of anilines is 2. The van der Waals surface area contributed by atoms with E-state index in [1.807, 2.05) is 6.33 Å². The van der Waals surface area contributed by atoms with Crippen molar-refractivity contribution in [1.82, 2.24) is 19.8 Å². The van der Waals surface area contributed by atoms with E-state index in [9.17, 15) is 0 Å². The molecule has 47 heavy (non-hydrogen) atoms. The molecule has 7 heteroatoms. The molecule has 7 rings (SSSR count). The fourth-order valence-corrected chi connectivity index (χ4v) is 7.64. The third kappa shape index (κ3) is 6.77. The Kier molecular flexibility index (Phi) is 9.52. The van der Waals surface area contributed by atoms with Crippen LogP contribution in [0.25, 0.3) is 0 Å². The molecule has 240 valence electrons. The van der Waals surface area contributed by atoms with E-state index in [2.05, 4.69) is 146 Å². The number of thiocarbonyl (C=S) groups is 1. The Labute approximate surface area is 284 Å². The minimum Gasteiger partial charge on any atom is -0.379 e. The fourth-order valence-electron chi connectivity index (χ4n) is 7.29. The molecule has 2 heterocycles. The quantitative estimate of drug-likeness (QED) is 0.127. The zero-order valence-electron chi connectivity index (χ0n) is 27.0. The Morgan fingerprint density at radius 3 is 1.81 bits per heavy atom. The fraction of sp³-hybridized carbons (Fsp3) is 0.300. The maximum atomic E-state index is 5.77. The van der Waals surface area contributed by atoms with Gasteiger partial charge in [0.1, 0.15) is 5.54 Å². The van der Waals surface area contributed by atoms with Crippen molar-refractivity contribution in [3.05, 3.63) is 150 Å². The van der Waals surface area contributed by atoms with Crippen LogP contribution in [0.4, 0.5) is 11.4 Å². The summed E-state index contributed by atoms with van der Waals surface area (Å²) < 4.78 is 2.27. The summed E-state index contributed by atoms with van der Waals surface area (Å²) in [7, 11) is 0. The van der Waals surface area contributed by atoms with Gasteiger partial charge in [0.2, 0.25) is 0 Å². The summed E-state index contributed by atoms with van der Waals surface area (Å²) in [6.07, 6.45) is 10.7. The van der Waals surface area contributed by atoms with Crippen LogP contribution in [0.1, 0.15) is 54.5 Å². The van der Waals surface area contributed by atoms with Crippen LogP contribution in [0.2, 0.25) is 0 Å². The van der Waals surface area contributed by atoms with Crippen LogP contribution in [0, 0.1) is 0 Å². The van der Waals surface area contributed by atoms with Gasteiger partial charge < -0.3 is 25.0 Å². The molecular formula is C40H44N6S. The molecule has 1 saturated heterocycles. The molecule has 2 fully saturated rings. The summed E-state index contributed by atoms with van der Waals surface area (Å²) in [4.78, 5) is 9.70. The molecule has 0 spiro atoms. The van der Waals surface area contributed by atoms with Crippen LogP contribution >= 0.6 is 12.2 Å². The van der Waals surface area contributed by atoms with Crippen molar-refractivity contribution in [1.29, 1.82) is 0 Å². The number of piperazine rings is 1. The number of imidazole rings is 1. The molecule has 0 radical (unpaired) electrons. The molecule has 2 aliphatic rings. The summed E-state index contributed by atoms with van der Waals surface area (Å²) in [5.41, 5.74) is 6.32. The van der Waals surface area contributed by atoms with Gasteiger partial charge in [0.05, 0.1) is 18.6 Å². The molecule has 1 aliphatic heterocycles. The number of hydrogen-bond acceptors (Lipinski definition) is 4. The first kappa shape index (κ1) is 31.0. The smallest absolute Gasteiger partial charge is 0.169 e. The van der Waals surface area contributed by atoms with Gasteiger partial charge in [-0.15, -0.1) is 0 Å². The third-order valence-electron chi connectivity index (χ3n) is 9.80. The lowest BCUT2D eigenvalue weighted by Gasteiger charge is -2.38. The molecule has 0 bridgehead atoms. The van der Waals surface area contributed by atoms with Gasteiger partial charge in [-0.25, -0.2) is 4.98 Å². The van der Waals surface area contributed by atoms with Gasteiger partial charge in [-0.3, -0.25) is 0 Å². The molecule has 2 N–H and O–H groups in total. The van der Waals surface area contributed by atoms with E-state index in [-0.39, 0.29) is 0 Å². The lowest BCUT2D eigenvalue weighted by molar-refractivity contribution is 0.355. The summed E-state index contributed by atoms with van der Waals surface area (Å²) in [5, 5.41) is 8.18. The molecule has 1 aliphatic carbocycles. The van der Waals surface area contributed by atoms with E-state index in [0.717, 1.165) is 42.7 Å². The number of nitrogens with one attached hydrogen (secondary N) is 2. The highest BCUT2D eigenvalue weighted by molar-refractivity contribution is 7.80. The predicted octanol–water partition coefficient (Wildman–Crippen LogP) is 7.66. The van der Waals surface area contributed by atoms with E-state index in [4.69, 9.17) is 17.2 Å². The van der Waals surface area contributed by atoms with Crippen molar-refractivity contribution in [3.63, 3.8) is 0 Å². The van der Waals surface area contributed by atoms with Crippen molar-refractivity contribution in [3.8, 4) is 0 Å². The molecular weight excluding hydrogens is 597 g/mol. The SMILES string of the molecule is S=C(NC1CCCCC1)N1CCN(c2ccc(NCc3cn(C(c4ccccc4)(c4ccccc4)c4ccccc4)cn3)cc2)CC1. The Balaban J connectivity index is 1.02. The molecule has 5 aromatic rings. The van der Waals surface area contributed by atoms with Crippen LogP contribution in [0.3, 0.4) is 0 Å². The van der Waals surface area contributed by atoms with Crippen molar-refractivity contribution < 1.29 is 0 Å². The molecule has 0 amide bonds. The van der Waals surface area contributed by atoms with E-state index in [1.54, 1.807) is 0 Å². The van der Waals surface area contributed by atoms with Crippen molar-refractivity contribution >= 4 is 28.7 Å². The molecule has 0 atom stereocenters. The van der Waals surface area contributed by atoms with E-state index < -0.39 is 5.54 Å². The van der Waals surface area contributed by atoms with Crippen molar-refractivity contribution in [2.45, 2.75) is 50.2 Å². The van der Waals surface area contributed by atoms with Gasteiger partial charge in [-0.05, 0) is 66.0 Å². The van der Waals surface area contributed by atoms with Crippen LogP contribution in [0.15, 0.2) is 128 Å². The second kappa shape index (κ2) is 14.4. The topological polar surface area (TPSA) is 48.4 Å². The summed E-state index contributed by atoms with van der Waals surface area (Å²) in [5.74, 6) is 0. The van der Waals surface area contributed by atoms with Crippen molar-refractivity contribution in [2.75, 3.05) is 36.4 Å². The number of nitrogens with zero attached hydrogens (tertiary/aromatic N) is 4. The lowest BCUT2D eigenvalue weighted by Crippen LogP contribution is -2.53. The first-order valence-electron chi connectivity index (χ1n) is 17.0. The van der Waals surface area contributed by atoms with Gasteiger partial charge in [0.25, 0.3) is 0 Å². The summed E-state index contributed by atoms with van der Waals surface area (Å²) >= 11 is 5.77. The Morgan fingerprint density at radius 1 is 0.702 bits per heavy atom. The first-order chi connectivity index (χ1) is 23.2. The Bertz CT molecular complexity index is 1610. The Morgan fingerprint density at radius 2 is 1.26 bits per heavy atom. The maximum Gasteiger partial charge on any atom is 0.169 e. The van der Waals surface area contributed by atoms with Crippen LogP contribution in [-0.4, -0.2) is 51.8 Å². The van der Waals surface area contributed by atoms with Gasteiger partial charge in [-0.2, -0.15) is 0 Å². The average molecular weight is 641 g/mol. The molecule has 1 aromatic heterocycles. The molecule has 6 nitrogen and oxygen atoms in total. The van der Waals surface area contributed by atoms with E-state index in [1.165, 1.54) is 54.5 Å². The average Bonchev–Trinajstić information content (AvgIpc) is 3.62. The molecule has 0 unspecified atom stereocenters. The van der Waals surface area contributed by atoms with Crippen molar-refractivity contribution in [2.24, 2.45) is 0 Å². The van der Waals surface area contributed by atoms with Crippen LogP contribution < -0.4 is 15.5 Å². The summed E-state index contributed by atoms with van der Waals surface area (Å²) in [6.45, 7) is 4.49.